The van der Waals surface area contributed by atoms with Crippen LogP contribution in [0, 0.1) is 0 Å². The molecule has 2 aliphatic rings. The maximum absolute atomic E-state index is 6.31. The lowest BCUT2D eigenvalue weighted by Gasteiger charge is -2.42. The summed E-state index contributed by atoms with van der Waals surface area (Å²) >= 11 is 6.31. The van der Waals surface area contributed by atoms with Crippen LogP contribution in [0.5, 0.6) is 5.75 Å². The highest BCUT2D eigenvalue weighted by atomic mass is 35.5. The Labute approximate surface area is 158 Å². The first-order valence-electron chi connectivity index (χ1n) is 8.84. The van der Waals surface area contributed by atoms with Crippen LogP contribution in [0.1, 0.15) is 23.1 Å². The summed E-state index contributed by atoms with van der Waals surface area (Å²) in [4.78, 5) is 0. The highest BCUT2D eigenvalue weighted by molar-refractivity contribution is 6.31. The molecule has 3 aromatic rings. The van der Waals surface area contributed by atoms with Gasteiger partial charge in [0.15, 0.2) is 0 Å². The summed E-state index contributed by atoms with van der Waals surface area (Å²) in [6.07, 6.45) is 3.23. The van der Waals surface area contributed by atoms with Crippen LogP contribution in [0.2, 0.25) is 5.02 Å². The number of anilines is 1. The smallest absolute Gasteiger partial charge is 0.125 e. The van der Waals surface area contributed by atoms with Crippen molar-refractivity contribution in [3.05, 3.63) is 101 Å². The molecule has 2 heterocycles. The molecule has 3 aromatic carbocycles. The van der Waals surface area contributed by atoms with Crippen molar-refractivity contribution in [3.8, 4) is 5.75 Å². The molecular formula is C23H18ClNO. The van der Waals surface area contributed by atoms with Crippen LogP contribution >= 0.6 is 11.6 Å². The SMILES string of the molecule is Clc1ccc2c(c1)C(c1ccccc1)=C[C@@]1(CCOc3ccccc31)N2. The van der Waals surface area contributed by atoms with Crippen molar-refractivity contribution in [1.82, 2.24) is 0 Å². The van der Waals surface area contributed by atoms with Crippen molar-refractivity contribution >= 4 is 22.9 Å². The third kappa shape index (κ3) is 2.41. The number of hydrogen-bond donors (Lipinski definition) is 1. The summed E-state index contributed by atoms with van der Waals surface area (Å²) in [6, 6.07) is 24.9. The number of fused-ring (bicyclic) bond motifs is 3. The molecule has 0 saturated carbocycles. The van der Waals surface area contributed by atoms with E-state index in [1.807, 2.05) is 30.3 Å². The van der Waals surface area contributed by atoms with Gasteiger partial charge in [-0.2, -0.15) is 0 Å². The molecule has 128 valence electrons. The molecule has 3 heteroatoms. The van der Waals surface area contributed by atoms with Crippen molar-refractivity contribution in [2.75, 3.05) is 11.9 Å². The lowest BCUT2D eigenvalue weighted by molar-refractivity contribution is 0.250. The van der Waals surface area contributed by atoms with E-state index >= 15 is 0 Å². The second-order valence-corrected chi connectivity index (χ2v) is 7.24. The first-order chi connectivity index (χ1) is 12.8. The highest BCUT2D eigenvalue weighted by Gasteiger charge is 2.39. The average molecular weight is 360 g/mol. The Bertz CT molecular complexity index is 1010. The fourth-order valence-corrected chi connectivity index (χ4v) is 4.17. The molecule has 0 aromatic heterocycles. The van der Waals surface area contributed by atoms with E-state index in [0.717, 1.165) is 28.4 Å². The second-order valence-electron chi connectivity index (χ2n) is 6.80. The minimum absolute atomic E-state index is 0.277. The number of halogens is 1. The Hall–Kier alpha value is -2.71. The van der Waals surface area contributed by atoms with Crippen LogP contribution in [0.3, 0.4) is 0 Å². The van der Waals surface area contributed by atoms with Gasteiger partial charge in [-0.25, -0.2) is 0 Å². The van der Waals surface area contributed by atoms with Crippen LogP contribution < -0.4 is 10.1 Å². The summed E-state index contributed by atoms with van der Waals surface area (Å²) in [5.41, 5.74) is 5.55. The standard InChI is InChI=1S/C23H18ClNO/c24-17-10-11-21-18(14-17)19(16-6-2-1-3-7-16)15-23(25-21)12-13-26-22-9-5-4-8-20(22)23/h1-11,14-15,25H,12-13H2/t23-/m1/s1. The second kappa shape index (κ2) is 5.93. The van der Waals surface area contributed by atoms with Gasteiger partial charge in [-0.3, -0.25) is 0 Å². The Morgan fingerprint density at radius 1 is 0.923 bits per heavy atom. The minimum atomic E-state index is -0.277. The molecule has 5 rings (SSSR count). The predicted octanol–water partition coefficient (Wildman–Crippen LogP) is 5.88. The molecule has 0 fully saturated rings. The third-order valence-electron chi connectivity index (χ3n) is 5.23. The molecule has 1 atom stereocenters. The third-order valence-corrected chi connectivity index (χ3v) is 5.46. The van der Waals surface area contributed by atoms with E-state index in [2.05, 4.69) is 53.9 Å². The van der Waals surface area contributed by atoms with Crippen LogP contribution in [0.15, 0.2) is 78.9 Å². The summed E-state index contributed by atoms with van der Waals surface area (Å²) in [7, 11) is 0. The molecule has 0 aliphatic carbocycles. The minimum Gasteiger partial charge on any atom is -0.493 e. The van der Waals surface area contributed by atoms with Gasteiger partial charge in [-0.1, -0.05) is 60.1 Å². The molecule has 1 spiro atoms. The van der Waals surface area contributed by atoms with E-state index in [0.29, 0.717) is 6.61 Å². The van der Waals surface area contributed by atoms with E-state index in [4.69, 9.17) is 16.3 Å². The van der Waals surface area contributed by atoms with Crippen molar-refractivity contribution in [2.24, 2.45) is 0 Å². The molecule has 2 aliphatic heterocycles. The van der Waals surface area contributed by atoms with E-state index in [1.165, 1.54) is 16.7 Å². The van der Waals surface area contributed by atoms with E-state index in [-0.39, 0.29) is 5.54 Å². The summed E-state index contributed by atoms with van der Waals surface area (Å²) < 4.78 is 5.91. The van der Waals surface area contributed by atoms with Gasteiger partial charge in [-0.05, 0) is 41.5 Å². The van der Waals surface area contributed by atoms with Gasteiger partial charge in [0.05, 0.1) is 12.1 Å². The number of hydrogen-bond acceptors (Lipinski definition) is 2. The van der Waals surface area contributed by atoms with E-state index < -0.39 is 0 Å². The first-order valence-corrected chi connectivity index (χ1v) is 9.22. The molecule has 1 N–H and O–H groups in total. The van der Waals surface area contributed by atoms with Gasteiger partial charge in [0.25, 0.3) is 0 Å². The van der Waals surface area contributed by atoms with Crippen molar-refractivity contribution in [1.29, 1.82) is 0 Å². The Morgan fingerprint density at radius 3 is 2.62 bits per heavy atom. The molecule has 0 amide bonds. The van der Waals surface area contributed by atoms with Crippen LogP contribution in [0.25, 0.3) is 5.57 Å². The zero-order chi connectivity index (χ0) is 17.6. The van der Waals surface area contributed by atoms with Gasteiger partial charge >= 0.3 is 0 Å². The number of benzene rings is 3. The zero-order valence-corrected chi connectivity index (χ0v) is 15.0. The van der Waals surface area contributed by atoms with Crippen molar-refractivity contribution < 1.29 is 4.74 Å². The maximum Gasteiger partial charge on any atom is 0.125 e. The fourth-order valence-electron chi connectivity index (χ4n) is 4.00. The molecule has 2 nitrogen and oxygen atoms in total. The van der Waals surface area contributed by atoms with Gasteiger partial charge in [0.2, 0.25) is 0 Å². The van der Waals surface area contributed by atoms with Gasteiger partial charge in [-0.15, -0.1) is 0 Å². The zero-order valence-electron chi connectivity index (χ0n) is 14.2. The fraction of sp³-hybridized carbons (Fsp3) is 0.130. The summed E-state index contributed by atoms with van der Waals surface area (Å²) in [6.45, 7) is 0.686. The largest absolute Gasteiger partial charge is 0.493 e. The van der Waals surface area contributed by atoms with Crippen LogP contribution in [-0.2, 0) is 5.54 Å². The summed E-state index contributed by atoms with van der Waals surface area (Å²) in [5.74, 6) is 0.951. The topological polar surface area (TPSA) is 21.3 Å². The Morgan fingerprint density at radius 2 is 1.73 bits per heavy atom. The molecule has 0 unspecified atom stereocenters. The monoisotopic (exact) mass is 359 g/mol. The lowest BCUT2D eigenvalue weighted by atomic mass is 9.77. The predicted molar refractivity (Wildman–Crippen MR) is 107 cm³/mol. The quantitative estimate of drug-likeness (QED) is 0.586. The molecule has 26 heavy (non-hydrogen) atoms. The number of rotatable bonds is 1. The molecular weight excluding hydrogens is 342 g/mol. The first kappa shape index (κ1) is 15.5. The molecule has 0 bridgehead atoms. The molecule has 0 radical (unpaired) electrons. The van der Waals surface area contributed by atoms with E-state index in [1.54, 1.807) is 0 Å². The van der Waals surface area contributed by atoms with Crippen molar-refractivity contribution in [3.63, 3.8) is 0 Å². The van der Waals surface area contributed by atoms with Gasteiger partial charge in [0, 0.05) is 28.3 Å². The number of nitrogens with one attached hydrogen (secondary N) is 1. The summed E-state index contributed by atoms with van der Waals surface area (Å²) in [5, 5.41) is 4.53. The van der Waals surface area contributed by atoms with E-state index in [9.17, 15) is 0 Å². The van der Waals surface area contributed by atoms with Crippen LogP contribution in [-0.4, -0.2) is 6.61 Å². The lowest BCUT2D eigenvalue weighted by Crippen LogP contribution is -2.40. The maximum atomic E-state index is 6.31. The highest BCUT2D eigenvalue weighted by Crippen LogP contribution is 2.48. The Balaban J connectivity index is 1.77. The average Bonchev–Trinajstić information content (AvgIpc) is 2.69. The van der Waals surface area contributed by atoms with Crippen molar-refractivity contribution in [2.45, 2.75) is 12.0 Å². The Kier molecular flexibility index (Phi) is 3.54. The number of ether oxygens (including phenoxy) is 1. The molecule has 0 saturated heterocycles. The number of para-hydroxylation sites is 1. The van der Waals surface area contributed by atoms with Gasteiger partial charge in [0.1, 0.15) is 5.75 Å². The normalized spacial score (nSPS) is 20.4. The van der Waals surface area contributed by atoms with Gasteiger partial charge < -0.3 is 10.1 Å². The van der Waals surface area contributed by atoms with Crippen LogP contribution in [0.4, 0.5) is 5.69 Å².